The molecule has 0 radical (unpaired) electrons. The maximum absolute atomic E-state index is 12.3. The summed E-state index contributed by atoms with van der Waals surface area (Å²) in [5.41, 5.74) is 3.49. The summed E-state index contributed by atoms with van der Waals surface area (Å²) < 4.78 is 0. The van der Waals surface area contributed by atoms with Crippen molar-refractivity contribution < 1.29 is 14.7 Å². The fraction of sp³-hybridized carbons (Fsp3) is 0.263. The van der Waals surface area contributed by atoms with E-state index in [2.05, 4.69) is 20.4 Å². The van der Waals surface area contributed by atoms with E-state index in [9.17, 15) is 14.7 Å². The van der Waals surface area contributed by atoms with Crippen LogP contribution in [0.2, 0.25) is 10.0 Å². The van der Waals surface area contributed by atoms with Gasteiger partial charge in [0.25, 0.3) is 0 Å². The quantitative estimate of drug-likeness (QED) is 0.434. The van der Waals surface area contributed by atoms with Gasteiger partial charge in [0.2, 0.25) is 0 Å². The lowest BCUT2D eigenvalue weighted by atomic mass is 10.2. The molecule has 152 valence electrons. The molecule has 3 rings (SSSR count). The molecule has 0 unspecified atom stereocenters. The number of aromatic nitrogens is 1. The van der Waals surface area contributed by atoms with Crippen molar-refractivity contribution in [2.24, 2.45) is 5.10 Å². The van der Waals surface area contributed by atoms with Crippen molar-refractivity contribution in [3.63, 3.8) is 0 Å². The third-order valence-electron chi connectivity index (χ3n) is 4.41. The molecule has 1 aromatic heterocycles. The number of carbonyl (C=O) groups is 2. The zero-order chi connectivity index (χ0) is 20.8. The van der Waals surface area contributed by atoms with Gasteiger partial charge >= 0.3 is 11.8 Å². The highest BCUT2D eigenvalue weighted by Gasteiger charge is 2.25. The molecule has 0 atom stereocenters. The van der Waals surface area contributed by atoms with E-state index in [1.165, 1.54) is 23.2 Å². The number of aromatic hydroxyl groups is 1. The predicted octanol–water partition coefficient (Wildman–Crippen LogP) is 1.89. The maximum Gasteiger partial charge on any atom is 0.329 e. The molecule has 8 nitrogen and oxygen atoms in total. The summed E-state index contributed by atoms with van der Waals surface area (Å²) in [5.74, 6) is -1.73. The maximum atomic E-state index is 12.3. The fourth-order valence-electron chi connectivity index (χ4n) is 2.90. The molecule has 0 spiro atoms. The summed E-state index contributed by atoms with van der Waals surface area (Å²) in [7, 11) is 0. The third kappa shape index (κ3) is 5.66. The Kier molecular flexibility index (Phi) is 7.03. The van der Waals surface area contributed by atoms with Gasteiger partial charge in [-0.15, -0.1) is 0 Å². The Morgan fingerprint density at radius 3 is 2.69 bits per heavy atom. The summed E-state index contributed by atoms with van der Waals surface area (Å²) >= 11 is 11.7. The number of piperazine rings is 1. The van der Waals surface area contributed by atoms with E-state index < -0.39 is 11.8 Å². The molecule has 1 aliphatic heterocycles. The van der Waals surface area contributed by atoms with Gasteiger partial charge in [-0.1, -0.05) is 29.3 Å². The van der Waals surface area contributed by atoms with Gasteiger partial charge in [-0.25, -0.2) is 5.43 Å². The Hall–Kier alpha value is -2.68. The number of nitrogens with zero attached hydrogens (tertiary/aromatic N) is 4. The van der Waals surface area contributed by atoms with E-state index in [1.807, 2.05) is 18.3 Å². The number of hydrogen-bond donors (Lipinski definition) is 2. The highest BCUT2D eigenvalue weighted by Crippen LogP contribution is 2.29. The molecule has 10 heteroatoms. The lowest BCUT2D eigenvalue weighted by Crippen LogP contribution is -2.51. The van der Waals surface area contributed by atoms with Gasteiger partial charge in [-0.3, -0.25) is 19.5 Å². The number of amides is 2. The molecular formula is C19H19Cl2N5O3. The van der Waals surface area contributed by atoms with Crippen LogP contribution in [0.5, 0.6) is 5.75 Å². The highest BCUT2D eigenvalue weighted by molar-refractivity contribution is 6.36. The third-order valence-corrected chi connectivity index (χ3v) is 4.92. The van der Waals surface area contributed by atoms with Crippen LogP contribution in [0.1, 0.15) is 11.1 Å². The number of pyridine rings is 1. The fourth-order valence-corrected chi connectivity index (χ4v) is 3.40. The first kappa shape index (κ1) is 21.0. The van der Waals surface area contributed by atoms with Crippen molar-refractivity contribution in [1.29, 1.82) is 0 Å². The van der Waals surface area contributed by atoms with Crippen molar-refractivity contribution in [3.05, 3.63) is 57.8 Å². The highest BCUT2D eigenvalue weighted by atomic mass is 35.5. The molecule has 0 saturated carbocycles. The molecule has 1 aromatic carbocycles. The topological polar surface area (TPSA) is 98.1 Å². The zero-order valence-corrected chi connectivity index (χ0v) is 16.9. The van der Waals surface area contributed by atoms with Crippen LogP contribution in [0.4, 0.5) is 0 Å². The second-order valence-corrected chi connectivity index (χ2v) is 7.30. The SMILES string of the molecule is O=C(N/N=C/c1cc(Cl)cc(Cl)c1O)C(=O)N1CCN(Cc2cccnc2)CC1. The van der Waals surface area contributed by atoms with E-state index in [0.29, 0.717) is 31.2 Å². The van der Waals surface area contributed by atoms with Crippen LogP contribution in [0, 0.1) is 0 Å². The zero-order valence-electron chi connectivity index (χ0n) is 15.4. The van der Waals surface area contributed by atoms with Crippen LogP contribution >= 0.6 is 23.2 Å². The molecule has 0 bridgehead atoms. The molecule has 1 saturated heterocycles. The van der Waals surface area contributed by atoms with Crippen LogP contribution in [-0.2, 0) is 16.1 Å². The summed E-state index contributed by atoms with van der Waals surface area (Å²) in [6, 6.07) is 6.70. The molecule has 0 aliphatic carbocycles. The van der Waals surface area contributed by atoms with E-state index in [0.717, 1.165) is 12.1 Å². The molecule has 29 heavy (non-hydrogen) atoms. The molecule has 1 fully saturated rings. The van der Waals surface area contributed by atoms with E-state index in [4.69, 9.17) is 23.2 Å². The molecule has 2 N–H and O–H groups in total. The Morgan fingerprint density at radius 1 is 1.24 bits per heavy atom. The van der Waals surface area contributed by atoms with Crippen LogP contribution in [0.25, 0.3) is 0 Å². The lowest BCUT2D eigenvalue weighted by Gasteiger charge is -2.34. The number of hydrazone groups is 1. The van der Waals surface area contributed by atoms with E-state index in [-0.39, 0.29) is 16.3 Å². The van der Waals surface area contributed by atoms with Gasteiger partial charge in [-0.05, 0) is 23.8 Å². The molecule has 2 aromatic rings. The Bertz CT molecular complexity index is 916. The normalized spacial score (nSPS) is 14.9. The average molecular weight is 436 g/mol. The average Bonchev–Trinajstić information content (AvgIpc) is 2.72. The largest absolute Gasteiger partial charge is 0.506 e. The predicted molar refractivity (Wildman–Crippen MR) is 110 cm³/mol. The second kappa shape index (κ2) is 9.69. The van der Waals surface area contributed by atoms with Crippen molar-refractivity contribution in [2.45, 2.75) is 6.54 Å². The number of benzene rings is 1. The number of carbonyl (C=O) groups excluding carboxylic acids is 2. The number of phenolic OH excluding ortho intramolecular Hbond substituents is 1. The summed E-state index contributed by atoms with van der Waals surface area (Å²) in [5, 5.41) is 13.9. The van der Waals surface area contributed by atoms with Crippen LogP contribution < -0.4 is 5.43 Å². The summed E-state index contributed by atoms with van der Waals surface area (Å²) in [6.45, 7) is 2.96. The molecular weight excluding hydrogens is 417 g/mol. The summed E-state index contributed by atoms with van der Waals surface area (Å²) in [4.78, 5) is 32.1. The number of nitrogens with one attached hydrogen (secondary N) is 1. The van der Waals surface area contributed by atoms with Crippen LogP contribution in [0.3, 0.4) is 0 Å². The molecule has 2 amide bonds. The first-order chi connectivity index (χ1) is 13.9. The van der Waals surface area contributed by atoms with Crippen LogP contribution in [-0.4, -0.2) is 64.1 Å². The van der Waals surface area contributed by atoms with Crippen LogP contribution in [0.15, 0.2) is 41.8 Å². The second-order valence-electron chi connectivity index (χ2n) is 6.45. The Labute approximate surface area is 177 Å². The van der Waals surface area contributed by atoms with Gasteiger partial charge in [0.1, 0.15) is 5.75 Å². The number of rotatable bonds is 4. The Balaban J connectivity index is 1.49. The van der Waals surface area contributed by atoms with Gasteiger partial charge in [0.05, 0.1) is 11.2 Å². The van der Waals surface area contributed by atoms with Crippen molar-refractivity contribution >= 4 is 41.2 Å². The van der Waals surface area contributed by atoms with E-state index in [1.54, 1.807) is 6.20 Å². The number of hydrogen-bond acceptors (Lipinski definition) is 6. The monoisotopic (exact) mass is 435 g/mol. The molecule has 2 heterocycles. The first-order valence-corrected chi connectivity index (χ1v) is 9.61. The minimum absolute atomic E-state index is 0.0607. The Morgan fingerprint density at radius 2 is 2.00 bits per heavy atom. The number of halogens is 2. The molecule has 1 aliphatic rings. The summed E-state index contributed by atoms with van der Waals surface area (Å²) in [6.07, 6.45) is 4.71. The van der Waals surface area contributed by atoms with Gasteiger partial charge in [-0.2, -0.15) is 5.10 Å². The minimum atomic E-state index is -0.852. The van der Waals surface area contributed by atoms with E-state index >= 15 is 0 Å². The lowest BCUT2D eigenvalue weighted by molar-refractivity contribution is -0.147. The minimum Gasteiger partial charge on any atom is -0.506 e. The van der Waals surface area contributed by atoms with Gasteiger partial charge in [0.15, 0.2) is 0 Å². The standard InChI is InChI=1S/C19H19Cl2N5O3/c20-15-8-14(17(27)16(21)9-15)11-23-24-18(28)19(29)26-6-4-25(5-7-26)12-13-2-1-3-22-10-13/h1-3,8-11,27H,4-7,12H2,(H,24,28)/b23-11+. The first-order valence-electron chi connectivity index (χ1n) is 8.85. The van der Waals surface area contributed by atoms with Gasteiger partial charge in [0, 0.05) is 55.7 Å². The van der Waals surface area contributed by atoms with Crippen molar-refractivity contribution in [3.8, 4) is 5.75 Å². The smallest absolute Gasteiger partial charge is 0.329 e. The van der Waals surface area contributed by atoms with Crippen molar-refractivity contribution in [2.75, 3.05) is 26.2 Å². The van der Waals surface area contributed by atoms with Gasteiger partial charge < -0.3 is 10.0 Å². The van der Waals surface area contributed by atoms with Crippen molar-refractivity contribution in [1.82, 2.24) is 20.2 Å². The number of phenols is 1.